The number of nitrogens with zero attached hydrogens (tertiary/aromatic N) is 1. The molecule has 1 amide bonds. The molecule has 0 saturated carbocycles. The molecule has 2 aliphatic rings. The van der Waals surface area contributed by atoms with E-state index >= 15 is 0 Å². The third-order valence-electron chi connectivity index (χ3n) is 6.04. The number of carbonyl (C=O) groups excluding carboxylic acids is 1. The number of carbonyl (C=O) groups is 1. The second-order valence-electron chi connectivity index (χ2n) is 8.17. The summed E-state index contributed by atoms with van der Waals surface area (Å²) in [4.78, 5) is 14.6. The molecule has 0 radical (unpaired) electrons. The Hall–Kier alpha value is -3.34. The molecule has 0 unspecified atom stereocenters. The third-order valence-corrected chi connectivity index (χ3v) is 6.04. The number of benzene rings is 3. The van der Waals surface area contributed by atoms with Crippen molar-refractivity contribution in [2.75, 3.05) is 18.1 Å². The van der Waals surface area contributed by atoms with Crippen LogP contribution in [-0.2, 0) is 26.2 Å². The lowest BCUT2D eigenvalue weighted by molar-refractivity contribution is -0.256. The zero-order valence-corrected chi connectivity index (χ0v) is 18.0. The van der Waals surface area contributed by atoms with Gasteiger partial charge in [0.2, 0.25) is 0 Å². The fourth-order valence-electron chi connectivity index (χ4n) is 4.42. The van der Waals surface area contributed by atoms with Crippen LogP contribution in [0.3, 0.4) is 0 Å². The van der Waals surface area contributed by atoms with Crippen LogP contribution in [0.4, 0.5) is 33.3 Å². The quantitative estimate of drug-likeness (QED) is 0.503. The van der Waals surface area contributed by atoms with Crippen LogP contribution in [0.1, 0.15) is 34.8 Å². The molecule has 1 fully saturated rings. The van der Waals surface area contributed by atoms with Crippen molar-refractivity contribution in [2.45, 2.75) is 24.5 Å². The minimum Gasteiger partial charge on any atom is -0.384 e. The SMILES string of the molecule is O=C1N(c2ccc(F)c(F)c2)c2ccc([C@@H](O)c3ccccc3C(F)(F)F)cc2C12OCCCO2. The predicted octanol–water partition coefficient (Wildman–Crippen LogP) is 5.33. The minimum absolute atomic E-state index is 0.0144. The van der Waals surface area contributed by atoms with Gasteiger partial charge in [0, 0.05) is 11.6 Å². The molecule has 2 heterocycles. The van der Waals surface area contributed by atoms with Crippen molar-refractivity contribution in [3.63, 3.8) is 0 Å². The van der Waals surface area contributed by atoms with Gasteiger partial charge >= 0.3 is 6.18 Å². The highest BCUT2D eigenvalue weighted by Crippen LogP contribution is 2.49. The van der Waals surface area contributed by atoms with Gasteiger partial charge in [-0.2, -0.15) is 13.2 Å². The number of aliphatic hydroxyl groups is 1. The Labute approximate surface area is 196 Å². The highest BCUT2D eigenvalue weighted by molar-refractivity contribution is 6.11. The van der Waals surface area contributed by atoms with E-state index in [1.165, 1.54) is 42.5 Å². The Kier molecular flexibility index (Phi) is 5.62. The number of hydrogen-bond acceptors (Lipinski definition) is 4. The lowest BCUT2D eigenvalue weighted by Gasteiger charge is -2.32. The molecule has 5 nitrogen and oxygen atoms in total. The van der Waals surface area contributed by atoms with Crippen LogP contribution in [-0.4, -0.2) is 24.2 Å². The normalized spacial score (nSPS) is 18.1. The van der Waals surface area contributed by atoms with Crippen LogP contribution in [0.5, 0.6) is 0 Å². The molecular formula is C25H18F5NO4. The summed E-state index contributed by atoms with van der Waals surface area (Å²) in [6.07, 6.45) is -5.87. The van der Waals surface area contributed by atoms with E-state index in [0.29, 0.717) is 6.42 Å². The summed E-state index contributed by atoms with van der Waals surface area (Å²) in [6.45, 7) is 0.307. The van der Waals surface area contributed by atoms with Crippen molar-refractivity contribution in [3.05, 3.63) is 94.6 Å². The zero-order chi connectivity index (χ0) is 25.0. The van der Waals surface area contributed by atoms with E-state index in [2.05, 4.69) is 0 Å². The van der Waals surface area contributed by atoms with E-state index in [1.54, 1.807) is 0 Å². The van der Waals surface area contributed by atoms with E-state index in [-0.39, 0.29) is 41.3 Å². The molecule has 0 aromatic heterocycles. The number of hydrogen-bond donors (Lipinski definition) is 1. The molecule has 3 aromatic rings. The summed E-state index contributed by atoms with van der Waals surface area (Å²) in [7, 11) is 0. The fourth-order valence-corrected chi connectivity index (χ4v) is 4.42. The second kappa shape index (κ2) is 8.40. The predicted molar refractivity (Wildman–Crippen MR) is 114 cm³/mol. The number of halogens is 5. The Balaban J connectivity index is 1.64. The van der Waals surface area contributed by atoms with Crippen molar-refractivity contribution in [1.29, 1.82) is 0 Å². The highest BCUT2D eigenvalue weighted by atomic mass is 19.4. The molecule has 5 rings (SSSR count). The number of rotatable bonds is 3. The number of alkyl halides is 3. The second-order valence-corrected chi connectivity index (χ2v) is 8.17. The number of anilines is 2. The molecule has 182 valence electrons. The molecule has 35 heavy (non-hydrogen) atoms. The molecule has 1 N–H and O–H groups in total. The smallest absolute Gasteiger partial charge is 0.384 e. The van der Waals surface area contributed by atoms with E-state index < -0.39 is 41.2 Å². The van der Waals surface area contributed by atoms with Gasteiger partial charge in [-0.1, -0.05) is 24.3 Å². The lowest BCUT2D eigenvalue weighted by Crippen LogP contribution is -2.46. The van der Waals surface area contributed by atoms with Crippen LogP contribution < -0.4 is 4.90 Å². The first kappa shape index (κ1) is 23.4. The van der Waals surface area contributed by atoms with Crippen molar-refractivity contribution in [1.82, 2.24) is 0 Å². The Morgan fingerprint density at radius 1 is 0.943 bits per heavy atom. The molecule has 3 aromatic carbocycles. The van der Waals surface area contributed by atoms with E-state index in [1.807, 2.05) is 0 Å². The molecule has 1 saturated heterocycles. The van der Waals surface area contributed by atoms with E-state index in [4.69, 9.17) is 9.47 Å². The minimum atomic E-state index is -4.69. The van der Waals surface area contributed by atoms with Crippen LogP contribution in [0, 0.1) is 11.6 Å². The maximum atomic E-state index is 14.0. The summed E-state index contributed by atoms with van der Waals surface area (Å²) < 4.78 is 79.5. The van der Waals surface area contributed by atoms with Gasteiger partial charge in [0.25, 0.3) is 11.7 Å². The van der Waals surface area contributed by atoms with Crippen LogP contribution in [0.2, 0.25) is 0 Å². The summed E-state index contributed by atoms with van der Waals surface area (Å²) >= 11 is 0. The van der Waals surface area contributed by atoms with Gasteiger partial charge in [0.1, 0.15) is 6.10 Å². The van der Waals surface area contributed by atoms with Crippen molar-refractivity contribution in [3.8, 4) is 0 Å². The third kappa shape index (κ3) is 3.78. The van der Waals surface area contributed by atoms with Gasteiger partial charge in [0.05, 0.1) is 30.2 Å². The van der Waals surface area contributed by atoms with Gasteiger partial charge in [-0.05, 0) is 47.9 Å². The average molecular weight is 491 g/mol. The first-order valence-corrected chi connectivity index (χ1v) is 10.7. The van der Waals surface area contributed by atoms with Gasteiger partial charge in [0.15, 0.2) is 11.6 Å². The van der Waals surface area contributed by atoms with Crippen molar-refractivity contribution in [2.24, 2.45) is 0 Å². The molecule has 2 aliphatic heterocycles. The Bertz CT molecular complexity index is 1300. The van der Waals surface area contributed by atoms with Crippen molar-refractivity contribution < 1.29 is 41.3 Å². The van der Waals surface area contributed by atoms with Crippen LogP contribution in [0.25, 0.3) is 0 Å². The molecule has 10 heteroatoms. The molecule has 0 bridgehead atoms. The first-order valence-electron chi connectivity index (χ1n) is 10.7. The maximum Gasteiger partial charge on any atom is 0.416 e. The van der Waals surface area contributed by atoms with Gasteiger partial charge in [-0.15, -0.1) is 0 Å². The van der Waals surface area contributed by atoms with Gasteiger partial charge in [-0.25, -0.2) is 8.78 Å². The summed E-state index contributed by atoms with van der Waals surface area (Å²) in [6, 6.07) is 11.7. The fraction of sp³-hybridized carbons (Fsp3) is 0.240. The van der Waals surface area contributed by atoms with Gasteiger partial charge < -0.3 is 14.6 Å². The van der Waals surface area contributed by atoms with Crippen LogP contribution in [0.15, 0.2) is 60.7 Å². The summed E-state index contributed by atoms with van der Waals surface area (Å²) in [5, 5.41) is 10.9. The molecule has 0 aliphatic carbocycles. The lowest BCUT2D eigenvalue weighted by atomic mass is 9.93. The molecular weight excluding hydrogens is 473 g/mol. The number of aliphatic hydroxyl groups excluding tert-OH is 1. The average Bonchev–Trinajstić information content (AvgIpc) is 3.07. The highest BCUT2D eigenvalue weighted by Gasteiger charge is 2.55. The molecule has 1 atom stereocenters. The Morgan fingerprint density at radius 3 is 2.34 bits per heavy atom. The topological polar surface area (TPSA) is 59.0 Å². The van der Waals surface area contributed by atoms with Crippen molar-refractivity contribution >= 4 is 17.3 Å². The number of amides is 1. The molecule has 1 spiro atoms. The largest absolute Gasteiger partial charge is 0.416 e. The maximum absolute atomic E-state index is 14.0. The summed E-state index contributed by atoms with van der Waals surface area (Å²) in [5.74, 6) is -4.92. The van der Waals surface area contributed by atoms with Gasteiger partial charge in [-0.3, -0.25) is 9.69 Å². The monoisotopic (exact) mass is 491 g/mol. The standard InChI is InChI=1S/C25H18F5NO4/c26-19-8-7-15(13-20(19)27)31-21-9-6-14(12-18(21)24(23(31)33)34-10-3-11-35-24)22(32)16-4-1-2-5-17(16)25(28,29)30/h1-2,4-9,12-13,22,32H,3,10-11H2/t22-/m1/s1. The van der Waals surface area contributed by atoms with Crippen LogP contribution >= 0.6 is 0 Å². The Morgan fingerprint density at radius 2 is 1.66 bits per heavy atom. The number of ether oxygens (including phenoxy) is 2. The van der Waals surface area contributed by atoms with E-state index in [0.717, 1.165) is 23.1 Å². The van der Waals surface area contributed by atoms with E-state index in [9.17, 15) is 31.9 Å². The number of fused-ring (bicyclic) bond motifs is 2. The summed E-state index contributed by atoms with van der Waals surface area (Å²) in [5.41, 5.74) is -0.914. The first-order chi connectivity index (χ1) is 16.6. The zero-order valence-electron chi connectivity index (χ0n) is 18.0.